The second-order valence-corrected chi connectivity index (χ2v) is 4.56. The highest BCUT2D eigenvalue weighted by atomic mass is 16.1. The third-order valence-electron chi connectivity index (χ3n) is 2.90. The van der Waals surface area contributed by atoms with Crippen molar-refractivity contribution in [3.63, 3.8) is 0 Å². The molecule has 8 heteroatoms. The van der Waals surface area contributed by atoms with E-state index in [-0.39, 0.29) is 6.67 Å². The van der Waals surface area contributed by atoms with Crippen molar-refractivity contribution in [2.75, 3.05) is 6.67 Å². The summed E-state index contributed by atoms with van der Waals surface area (Å²) in [5.41, 5.74) is 3.40. The Hall–Kier alpha value is -4.04. The molecule has 0 N–H and O–H groups in total. The van der Waals surface area contributed by atoms with E-state index in [0.29, 0.717) is 11.4 Å². The predicted octanol–water partition coefficient (Wildman–Crippen LogP) is 2.83. The zero-order valence-electron chi connectivity index (χ0n) is 13.5. The fourth-order valence-electron chi connectivity index (χ4n) is 1.81. The quantitative estimate of drug-likeness (QED) is 0.589. The van der Waals surface area contributed by atoms with Crippen LogP contribution in [0, 0.1) is 0 Å². The smallest absolute Gasteiger partial charge is 0.211 e. The van der Waals surface area contributed by atoms with Gasteiger partial charge in [0.15, 0.2) is 6.67 Å². The molecule has 2 aromatic rings. The minimum absolute atomic E-state index is 0.160. The second-order valence-electron chi connectivity index (χ2n) is 4.56. The number of hydrogen-bond acceptors (Lipinski definition) is 8. The van der Waals surface area contributed by atoms with Crippen LogP contribution in [0.2, 0.25) is 0 Å². The summed E-state index contributed by atoms with van der Waals surface area (Å²) >= 11 is 0. The van der Waals surface area contributed by atoms with Crippen LogP contribution in [0.5, 0.6) is 0 Å². The molecule has 0 bridgehead atoms. The van der Waals surface area contributed by atoms with Crippen LogP contribution in [-0.4, -0.2) is 31.0 Å². The van der Waals surface area contributed by atoms with Crippen molar-refractivity contribution in [3.8, 4) is 0 Å². The molecule has 0 radical (unpaired) electrons. The van der Waals surface area contributed by atoms with Crippen molar-refractivity contribution in [2.45, 2.75) is 6.42 Å². The van der Waals surface area contributed by atoms with E-state index in [1.165, 1.54) is 24.3 Å². The molecule has 0 heterocycles. The van der Waals surface area contributed by atoms with E-state index < -0.39 is 0 Å². The Morgan fingerprint density at radius 1 is 0.577 bits per heavy atom. The Bertz CT molecular complexity index is 822. The number of rotatable bonds is 6. The Morgan fingerprint density at radius 2 is 0.962 bits per heavy atom. The van der Waals surface area contributed by atoms with Crippen LogP contribution in [0.25, 0.3) is 0 Å². The van der Waals surface area contributed by atoms with Crippen molar-refractivity contribution < 1.29 is 19.2 Å². The standard InChI is InChI=1S/C15H10N2O2.C3H2N2O2/c18-10-16-14-5-1-12(2-6-14)9-13-3-7-15(8-4-13)17-11-19;6-2-4-1-5-3-7/h1-8H,9H2;1H2. The van der Waals surface area contributed by atoms with Gasteiger partial charge in [0.25, 0.3) is 0 Å². The molecule has 128 valence electrons. The zero-order chi connectivity index (χ0) is 19.0. The molecule has 0 unspecified atom stereocenters. The van der Waals surface area contributed by atoms with Crippen LogP contribution in [0.4, 0.5) is 11.4 Å². The van der Waals surface area contributed by atoms with Crippen LogP contribution in [0.1, 0.15) is 11.1 Å². The third kappa shape index (κ3) is 7.99. The van der Waals surface area contributed by atoms with Gasteiger partial charge in [0.1, 0.15) is 0 Å². The van der Waals surface area contributed by atoms with Crippen molar-refractivity contribution in [1.29, 1.82) is 0 Å². The first-order valence-corrected chi connectivity index (χ1v) is 7.14. The molecule has 0 fully saturated rings. The van der Waals surface area contributed by atoms with Crippen molar-refractivity contribution in [2.24, 2.45) is 20.0 Å². The zero-order valence-corrected chi connectivity index (χ0v) is 13.5. The van der Waals surface area contributed by atoms with E-state index in [9.17, 15) is 19.2 Å². The molecule has 0 aliphatic heterocycles. The van der Waals surface area contributed by atoms with Gasteiger partial charge in [-0.1, -0.05) is 24.3 Å². The van der Waals surface area contributed by atoms with Crippen LogP contribution in [0.3, 0.4) is 0 Å². The number of aliphatic imine (C=N–C) groups is 4. The van der Waals surface area contributed by atoms with Gasteiger partial charge in [-0.15, -0.1) is 0 Å². The Balaban J connectivity index is 0.000000412. The summed E-state index contributed by atoms with van der Waals surface area (Å²) in [5, 5.41) is 0. The second kappa shape index (κ2) is 12.4. The van der Waals surface area contributed by atoms with Crippen molar-refractivity contribution in [3.05, 3.63) is 59.7 Å². The molecule has 0 saturated carbocycles. The first-order chi connectivity index (χ1) is 12.7. The highest BCUT2D eigenvalue weighted by Crippen LogP contribution is 2.17. The van der Waals surface area contributed by atoms with E-state index in [4.69, 9.17) is 0 Å². The van der Waals surface area contributed by atoms with Gasteiger partial charge >= 0.3 is 0 Å². The summed E-state index contributed by atoms with van der Waals surface area (Å²) in [6.07, 6.45) is 6.18. The first kappa shape index (κ1) is 20.0. The lowest BCUT2D eigenvalue weighted by molar-refractivity contribution is 0.560. The third-order valence-corrected chi connectivity index (χ3v) is 2.90. The number of benzene rings is 2. The van der Waals surface area contributed by atoms with Crippen molar-refractivity contribution in [1.82, 2.24) is 0 Å². The topological polar surface area (TPSA) is 118 Å². The van der Waals surface area contributed by atoms with E-state index in [0.717, 1.165) is 17.5 Å². The average Bonchev–Trinajstić information content (AvgIpc) is 2.66. The number of hydrogen-bond donors (Lipinski definition) is 0. The Kier molecular flexibility index (Phi) is 9.53. The molecule has 0 aliphatic rings. The van der Waals surface area contributed by atoms with E-state index in [2.05, 4.69) is 20.0 Å². The molecular formula is C18H12N4O4. The SMILES string of the molecule is O=C=NCN=C=O.O=C=Nc1ccc(Cc2ccc(N=C=O)cc2)cc1. The van der Waals surface area contributed by atoms with Gasteiger partial charge in [0.05, 0.1) is 11.4 Å². The monoisotopic (exact) mass is 348 g/mol. The van der Waals surface area contributed by atoms with Gasteiger partial charge in [-0.05, 0) is 41.8 Å². The minimum Gasteiger partial charge on any atom is -0.211 e. The van der Waals surface area contributed by atoms with Crippen LogP contribution in [-0.2, 0) is 25.6 Å². The lowest BCUT2D eigenvalue weighted by Gasteiger charge is -2.02. The normalized spacial score (nSPS) is 8.31. The Labute approximate surface area is 148 Å². The first-order valence-electron chi connectivity index (χ1n) is 7.14. The molecule has 2 rings (SSSR count). The number of nitrogens with zero attached hydrogens (tertiary/aromatic N) is 4. The van der Waals surface area contributed by atoms with E-state index >= 15 is 0 Å². The van der Waals surface area contributed by atoms with E-state index in [1.807, 2.05) is 24.3 Å². The molecular weight excluding hydrogens is 336 g/mol. The lowest BCUT2D eigenvalue weighted by atomic mass is 10.0. The van der Waals surface area contributed by atoms with Gasteiger partial charge in [0, 0.05) is 0 Å². The maximum absolute atomic E-state index is 10.1. The molecule has 2 aromatic carbocycles. The van der Waals surface area contributed by atoms with E-state index in [1.54, 1.807) is 24.3 Å². The molecule has 0 atom stereocenters. The number of isocyanates is 4. The van der Waals surface area contributed by atoms with Gasteiger partial charge in [-0.3, -0.25) is 0 Å². The van der Waals surface area contributed by atoms with Crippen LogP contribution in [0.15, 0.2) is 68.5 Å². The molecule has 26 heavy (non-hydrogen) atoms. The number of carbonyl (C=O) groups excluding carboxylic acids is 4. The molecule has 0 amide bonds. The molecule has 0 spiro atoms. The van der Waals surface area contributed by atoms with Gasteiger partial charge in [-0.25, -0.2) is 19.2 Å². The van der Waals surface area contributed by atoms with Gasteiger partial charge < -0.3 is 0 Å². The fraction of sp³-hybridized carbons (Fsp3) is 0.111. The lowest BCUT2D eigenvalue weighted by Crippen LogP contribution is -1.86. The maximum Gasteiger partial charge on any atom is 0.240 e. The highest BCUT2D eigenvalue weighted by Gasteiger charge is 1.97. The minimum atomic E-state index is -0.160. The fourth-order valence-corrected chi connectivity index (χ4v) is 1.81. The molecule has 0 aliphatic carbocycles. The summed E-state index contributed by atoms with van der Waals surface area (Å²) in [6.45, 7) is -0.160. The summed E-state index contributed by atoms with van der Waals surface area (Å²) in [7, 11) is 0. The van der Waals surface area contributed by atoms with Crippen LogP contribution < -0.4 is 0 Å². The van der Waals surface area contributed by atoms with Crippen molar-refractivity contribution >= 4 is 35.7 Å². The van der Waals surface area contributed by atoms with Crippen LogP contribution >= 0.6 is 0 Å². The highest BCUT2D eigenvalue weighted by molar-refractivity contribution is 5.51. The molecule has 0 aromatic heterocycles. The van der Waals surface area contributed by atoms with Gasteiger partial charge in [0.2, 0.25) is 24.3 Å². The maximum atomic E-state index is 10.1. The summed E-state index contributed by atoms with van der Waals surface area (Å²) in [4.78, 5) is 51.5. The largest absolute Gasteiger partial charge is 0.240 e. The molecule has 0 saturated heterocycles. The average molecular weight is 348 g/mol. The summed E-state index contributed by atoms with van der Waals surface area (Å²) in [5.74, 6) is 0. The predicted molar refractivity (Wildman–Crippen MR) is 92.4 cm³/mol. The summed E-state index contributed by atoms with van der Waals surface area (Å²) in [6, 6.07) is 14.7. The van der Waals surface area contributed by atoms with Gasteiger partial charge in [-0.2, -0.15) is 20.0 Å². The Morgan fingerprint density at radius 3 is 1.27 bits per heavy atom. The molecule has 8 nitrogen and oxygen atoms in total. The summed E-state index contributed by atoms with van der Waals surface area (Å²) < 4.78 is 0.